The van der Waals surface area contributed by atoms with E-state index in [0.29, 0.717) is 5.92 Å². The van der Waals surface area contributed by atoms with Crippen LogP contribution in [0.2, 0.25) is 0 Å². The molecule has 1 aliphatic carbocycles. The van der Waals surface area contributed by atoms with E-state index in [1.165, 1.54) is 30.4 Å². The summed E-state index contributed by atoms with van der Waals surface area (Å²) < 4.78 is 0. The van der Waals surface area contributed by atoms with Crippen molar-refractivity contribution in [1.29, 1.82) is 0 Å². The molecule has 76 valence electrons. The molecule has 1 unspecified atom stereocenters. The van der Waals surface area contributed by atoms with E-state index >= 15 is 0 Å². The molecule has 0 radical (unpaired) electrons. The summed E-state index contributed by atoms with van der Waals surface area (Å²) in [6.07, 6.45) is 3.83. The second-order valence-electron chi connectivity index (χ2n) is 4.42. The monoisotopic (exact) mass is 189 g/mol. The molecule has 1 aromatic rings. The summed E-state index contributed by atoms with van der Waals surface area (Å²) in [5, 5.41) is 0. The van der Waals surface area contributed by atoms with E-state index in [1.54, 1.807) is 11.1 Å². The molecule has 0 saturated heterocycles. The average Bonchev–Trinajstić information content (AvgIpc) is 2.23. The molecule has 14 heavy (non-hydrogen) atoms. The lowest BCUT2D eigenvalue weighted by Crippen LogP contribution is -2.20. The summed E-state index contributed by atoms with van der Waals surface area (Å²) in [6, 6.07) is 4.48. The second-order valence-corrected chi connectivity index (χ2v) is 4.42. The molecule has 1 heteroatoms. The van der Waals surface area contributed by atoms with Crippen LogP contribution in [0.15, 0.2) is 12.1 Å². The van der Waals surface area contributed by atoms with Gasteiger partial charge in [0.25, 0.3) is 0 Å². The molecule has 0 heterocycles. The summed E-state index contributed by atoms with van der Waals surface area (Å²) in [5.41, 5.74) is 11.8. The van der Waals surface area contributed by atoms with Gasteiger partial charge in [0.15, 0.2) is 0 Å². The van der Waals surface area contributed by atoms with Gasteiger partial charge >= 0.3 is 0 Å². The van der Waals surface area contributed by atoms with Crippen molar-refractivity contribution in [2.45, 2.75) is 39.0 Å². The lowest BCUT2D eigenvalue weighted by Gasteiger charge is -2.27. The van der Waals surface area contributed by atoms with Crippen molar-refractivity contribution in [1.82, 2.24) is 0 Å². The first-order valence-electron chi connectivity index (χ1n) is 5.53. The smallest absolute Gasteiger partial charge is 0.000803 e. The van der Waals surface area contributed by atoms with Crippen LogP contribution in [0.3, 0.4) is 0 Å². The van der Waals surface area contributed by atoms with Gasteiger partial charge in [-0.15, -0.1) is 0 Å². The van der Waals surface area contributed by atoms with Crippen molar-refractivity contribution in [2.75, 3.05) is 6.54 Å². The molecule has 2 rings (SSSR count). The van der Waals surface area contributed by atoms with Crippen LogP contribution >= 0.6 is 0 Å². The van der Waals surface area contributed by atoms with Crippen LogP contribution in [-0.4, -0.2) is 6.54 Å². The van der Waals surface area contributed by atoms with E-state index < -0.39 is 0 Å². The van der Waals surface area contributed by atoms with Crippen molar-refractivity contribution < 1.29 is 0 Å². The molecule has 0 fully saturated rings. The molecule has 0 amide bonds. The fourth-order valence-corrected chi connectivity index (χ4v) is 2.70. The molecule has 1 aliphatic rings. The Morgan fingerprint density at radius 1 is 1.29 bits per heavy atom. The highest BCUT2D eigenvalue weighted by Crippen LogP contribution is 2.34. The Balaban J connectivity index is 2.55. The fourth-order valence-electron chi connectivity index (χ4n) is 2.70. The zero-order valence-electron chi connectivity index (χ0n) is 9.14. The van der Waals surface area contributed by atoms with Crippen LogP contribution in [0, 0.1) is 13.8 Å². The van der Waals surface area contributed by atoms with Crippen molar-refractivity contribution >= 4 is 0 Å². The minimum absolute atomic E-state index is 0.610. The van der Waals surface area contributed by atoms with Gasteiger partial charge in [-0.05, 0) is 67.8 Å². The maximum atomic E-state index is 5.84. The number of nitrogens with two attached hydrogens (primary N) is 1. The third-order valence-electron chi connectivity index (χ3n) is 3.48. The number of rotatable bonds is 1. The van der Waals surface area contributed by atoms with E-state index in [9.17, 15) is 0 Å². The summed E-state index contributed by atoms with van der Waals surface area (Å²) in [4.78, 5) is 0. The first kappa shape index (κ1) is 9.72. The Hall–Kier alpha value is -0.820. The Kier molecular flexibility index (Phi) is 2.60. The Morgan fingerprint density at radius 3 is 2.71 bits per heavy atom. The molecule has 2 N–H and O–H groups in total. The van der Waals surface area contributed by atoms with Gasteiger partial charge in [0.1, 0.15) is 0 Å². The highest BCUT2D eigenvalue weighted by Gasteiger charge is 2.21. The number of benzene rings is 1. The summed E-state index contributed by atoms with van der Waals surface area (Å²) in [5.74, 6) is 0.610. The van der Waals surface area contributed by atoms with Gasteiger partial charge in [0.2, 0.25) is 0 Å². The average molecular weight is 189 g/mol. The lowest BCUT2D eigenvalue weighted by atomic mass is 9.79. The molecule has 1 atom stereocenters. The predicted octanol–water partition coefficient (Wildman–Crippen LogP) is 2.68. The van der Waals surface area contributed by atoms with Gasteiger partial charge in [0, 0.05) is 0 Å². The van der Waals surface area contributed by atoms with Gasteiger partial charge in [-0.3, -0.25) is 0 Å². The van der Waals surface area contributed by atoms with E-state index in [4.69, 9.17) is 5.73 Å². The summed E-state index contributed by atoms with van der Waals surface area (Å²) in [7, 11) is 0. The van der Waals surface area contributed by atoms with Crippen LogP contribution in [-0.2, 0) is 6.42 Å². The molecule has 0 aliphatic heterocycles. The molecule has 0 bridgehead atoms. The van der Waals surface area contributed by atoms with Gasteiger partial charge in [-0.25, -0.2) is 0 Å². The Labute approximate surface area is 86.3 Å². The number of fused-ring (bicyclic) bond motifs is 1. The Morgan fingerprint density at radius 2 is 2.00 bits per heavy atom. The fraction of sp³-hybridized carbons (Fsp3) is 0.538. The topological polar surface area (TPSA) is 26.0 Å². The third-order valence-corrected chi connectivity index (χ3v) is 3.48. The Bertz CT molecular complexity index is 341. The van der Waals surface area contributed by atoms with Crippen LogP contribution < -0.4 is 5.73 Å². The summed E-state index contributed by atoms with van der Waals surface area (Å²) >= 11 is 0. The normalized spacial score (nSPS) is 20.6. The largest absolute Gasteiger partial charge is 0.330 e. The van der Waals surface area contributed by atoms with E-state index in [0.717, 1.165) is 6.54 Å². The highest BCUT2D eigenvalue weighted by atomic mass is 14.6. The first-order chi connectivity index (χ1) is 6.74. The minimum Gasteiger partial charge on any atom is -0.330 e. The number of hydrogen-bond donors (Lipinski definition) is 1. The molecular formula is C13H19N. The van der Waals surface area contributed by atoms with Crippen LogP contribution in [0.1, 0.15) is 41.0 Å². The van der Waals surface area contributed by atoms with Crippen LogP contribution in [0.4, 0.5) is 0 Å². The van der Waals surface area contributed by atoms with Gasteiger partial charge in [0.05, 0.1) is 0 Å². The number of hydrogen-bond acceptors (Lipinski definition) is 1. The van der Waals surface area contributed by atoms with Gasteiger partial charge < -0.3 is 5.73 Å². The third kappa shape index (κ3) is 1.46. The van der Waals surface area contributed by atoms with Gasteiger partial charge in [-0.1, -0.05) is 12.1 Å². The van der Waals surface area contributed by atoms with Crippen molar-refractivity contribution in [2.24, 2.45) is 5.73 Å². The minimum atomic E-state index is 0.610. The van der Waals surface area contributed by atoms with Gasteiger partial charge in [-0.2, -0.15) is 0 Å². The first-order valence-corrected chi connectivity index (χ1v) is 5.53. The van der Waals surface area contributed by atoms with Crippen molar-refractivity contribution in [3.63, 3.8) is 0 Å². The molecule has 1 nitrogen and oxygen atoms in total. The lowest BCUT2D eigenvalue weighted by molar-refractivity contribution is 0.556. The van der Waals surface area contributed by atoms with E-state index in [-0.39, 0.29) is 0 Å². The molecular weight excluding hydrogens is 170 g/mol. The SMILES string of the molecule is Cc1ccc(C)c2c1CCCC2CN. The predicted molar refractivity (Wildman–Crippen MR) is 60.6 cm³/mol. The van der Waals surface area contributed by atoms with Crippen molar-refractivity contribution in [3.8, 4) is 0 Å². The molecule has 0 saturated carbocycles. The zero-order chi connectivity index (χ0) is 10.1. The molecule has 1 aromatic carbocycles. The number of aryl methyl sites for hydroxylation is 2. The maximum absolute atomic E-state index is 5.84. The molecule has 0 aromatic heterocycles. The van der Waals surface area contributed by atoms with Crippen LogP contribution in [0.5, 0.6) is 0 Å². The maximum Gasteiger partial charge on any atom is -0.000803 e. The van der Waals surface area contributed by atoms with Crippen molar-refractivity contribution in [3.05, 3.63) is 34.4 Å². The second kappa shape index (κ2) is 3.74. The zero-order valence-corrected chi connectivity index (χ0v) is 9.14. The highest BCUT2D eigenvalue weighted by molar-refractivity contribution is 5.44. The van der Waals surface area contributed by atoms with E-state index in [1.807, 2.05) is 0 Å². The van der Waals surface area contributed by atoms with E-state index in [2.05, 4.69) is 26.0 Å². The summed E-state index contributed by atoms with van der Waals surface area (Å²) in [6.45, 7) is 5.24. The quantitative estimate of drug-likeness (QED) is 0.722. The molecule has 0 spiro atoms. The van der Waals surface area contributed by atoms with Crippen LogP contribution in [0.25, 0.3) is 0 Å². The standard InChI is InChI=1S/C13H19N/c1-9-6-7-10(2)13-11(8-14)4-3-5-12(9)13/h6-7,11H,3-5,8,14H2,1-2H3.